The third kappa shape index (κ3) is 3.66. The number of nitrogens with one attached hydrogen (secondary N) is 1. The number of ether oxygens (including phenoxy) is 1. The van der Waals surface area contributed by atoms with Gasteiger partial charge >= 0.3 is 0 Å². The molecule has 9 rings (SSSR count). The Morgan fingerprint density at radius 3 is 2.66 bits per heavy atom. The summed E-state index contributed by atoms with van der Waals surface area (Å²) in [5.41, 5.74) is 2.56. The average Bonchev–Trinajstić information content (AvgIpc) is 3.31. The minimum Gasteiger partial charge on any atom is -0.381 e. The fourth-order valence-corrected chi connectivity index (χ4v) is 9.34. The van der Waals surface area contributed by atoms with Crippen LogP contribution in [0.1, 0.15) is 72.3 Å². The molecule has 2 amide bonds. The first-order valence-electron chi connectivity index (χ1n) is 14.9. The van der Waals surface area contributed by atoms with E-state index in [0.29, 0.717) is 47.0 Å². The number of fused-ring (bicyclic) bond motifs is 1. The minimum atomic E-state index is -0.0577. The van der Waals surface area contributed by atoms with E-state index in [4.69, 9.17) is 4.74 Å². The second-order valence-corrected chi connectivity index (χ2v) is 13.4. The maximum Gasteiger partial charge on any atom is 0.274 e. The van der Waals surface area contributed by atoms with Crippen LogP contribution in [0.25, 0.3) is 5.65 Å². The predicted molar refractivity (Wildman–Crippen MR) is 142 cm³/mol. The molecular formula is C30H39N5O3. The highest BCUT2D eigenvalue weighted by Gasteiger charge is 2.71. The van der Waals surface area contributed by atoms with Crippen LogP contribution in [0.5, 0.6) is 0 Å². The molecule has 0 radical (unpaired) electrons. The lowest BCUT2D eigenvalue weighted by atomic mass is 9.66. The molecule has 38 heavy (non-hydrogen) atoms. The molecule has 5 aliphatic carbocycles. The summed E-state index contributed by atoms with van der Waals surface area (Å²) in [6.45, 7) is 5.66. The molecule has 1 N–H and O–H groups in total. The van der Waals surface area contributed by atoms with E-state index >= 15 is 0 Å². The molecule has 202 valence electrons. The van der Waals surface area contributed by atoms with E-state index in [9.17, 15) is 9.59 Å². The van der Waals surface area contributed by atoms with Crippen LogP contribution in [0, 0.1) is 28.6 Å². The van der Waals surface area contributed by atoms with Crippen LogP contribution in [-0.4, -0.2) is 83.0 Å². The molecule has 5 saturated carbocycles. The van der Waals surface area contributed by atoms with Gasteiger partial charge in [-0.3, -0.25) is 18.9 Å². The Hall–Kier alpha value is -2.45. The maximum atomic E-state index is 13.4. The first-order chi connectivity index (χ1) is 18.5. The van der Waals surface area contributed by atoms with Crippen molar-refractivity contribution in [3.05, 3.63) is 35.8 Å². The van der Waals surface area contributed by atoms with Crippen LogP contribution in [0.4, 0.5) is 0 Å². The molecule has 2 aromatic heterocycles. The molecule has 4 bridgehead atoms. The number of nitrogens with zero attached hydrogens (tertiary/aromatic N) is 4. The number of carbonyl (C=O) groups is 2. The number of carbonyl (C=O) groups excluding carboxylic acids is 2. The number of piperazine rings is 1. The summed E-state index contributed by atoms with van der Waals surface area (Å²) in [5.74, 6) is 2.66. The van der Waals surface area contributed by atoms with Gasteiger partial charge in [-0.2, -0.15) is 0 Å². The SMILES string of the molecule is O=C(NCC12CC3CC(C3)C3(CC3C1)C2)c1cccc2nc(C(=O)N3CCN(C4CCOCC4)CC3)cn12. The number of amides is 2. The summed E-state index contributed by atoms with van der Waals surface area (Å²) in [5, 5.41) is 3.32. The van der Waals surface area contributed by atoms with Crippen LogP contribution in [0.15, 0.2) is 24.4 Å². The Labute approximate surface area is 224 Å². The van der Waals surface area contributed by atoms with E-state index < -0.39 is 0 Å². The quantitative estimate of drug-likeness (QED) is 0.659. The lowest BCUT2D eigenvalue weighted by Gasteiger charge is -2.40. The Morgan fingerprint density at radius 1 is 1.03 bits per heavy atom. The molecule has 0 aromatic carbocycles. The Bertz CT molecular complexity index is 1270. The van der Waals surface area contributed by atoms with E-state index in [2.05, 4.69) is 15.2 Å². The van der Waals surface area contributed by atoms with E-state index in [-0.39, 0.29) is 11.8 Å². The fraction of sp³-hybridized carbons (Fsp3) is 0.700. The van der Waals surface area contributed by atoms with Crippen molar-refractivity contribution in [2.24, 2.45) is 28.6 Å². The second kappa shape index (κ2) is 8.52. The minimum absolute atomic E-state index is 0.0431. The van der Waals surface area contributed by atoms with Gasteiger partial charge in [0.2, 0.25) is 0 Å². The van der Waals surface area contributed by atoms with Crippen LogP contribution < -0.4 is 5.32 Å². The topological polar surface area (TPSA) is 79.2 Å². The van der Waals surface area contributed by atoms with Crippen LogP contribution in [0.3, 0.4) is 0 Å². The van der Waals surface area contributed by atoms with Crippen molar-refractivity contribution in [1.29, 1.82) is 0 Å². The first kappa shape index (κ1) is 23.4. The van der Waals surface area contributed by atoms with E-state index in [0.717, 1.165) is 63.4 Å². The van der Waals surface area contributed by atoms with Gasteiger partial charge in [-0.15, -0.1) is 0 Å². The van der Waals surface area contributed by atoms with Crippen molar-refractivity contribution in [3.63, 3.8) is 0 Å². The number of hydrogen-bond acceptors (Lipinski definition) is 5. The zero-order valence-electron chi connectivity index (χ0n) is 22.2. The van der Waals surface area contributed by atoms with Crippen molar-refractivity contribution < 1.29 is 14.3 Å². The Balaban J connectivity index is 0.945. The van der Waals surface area contributed by atoms with Crippen LogP contribution in [0.2, 0.25) is 0 Å². The van der Waals surface area contributed by atoms with Gasteiger partial charge < -0.3 is 15.0 Å². The number of pyridine rings is 1. The Morgan fingerprint density at radius 2 is 1.84 bits per heavy atom. The van der Waals surface area contributed by atoms with E-state index in [1.54, 1.807) is 10.6 Å². The van der Waals surface area contributed by atoms with Crippen molar-refractivity contribution in [2.75, 3.05) is 45.9 Å². The van der Waals surface area contributed by atoms with Crippen LogP contribution in [-0.2, 0) is 4.74 Å². The third-order valence-corrected chi connectivity index (χ3v) is 11.3. The molecule has 3 unspecified atom stereocenters. The van der Waals surface area contributed by atoms with Crippen molar-refractivity contribution >= 4 is 17.5 Å². The smallest absolute Gasteiger partial charge is 0.274 e. The van der Waals surface area contributed by atoms with Gasteiger partial charge in [0.1, 0.15) is 17.0 Å². The van der Waals surface area contributed by atoms with Crippen molar-refractivity contribution in [2.45, 2.75) is 57.4 Å². The highest BCUT2D eigenvalue weighted by atomic mass is 16.5. The first-order valence-corrected chi connectivity index (χ1v) is 14.9. The molecule has 3 atom stereocenters. The third-order valence-electron chi connectivity index (χ3n) is 11.3. The summed E-state index contributed by atoms with van der Waals surface area (Å²) >= 11 is 0. The molecular weight excluding hydrogens is 478 g/mol. The molecule has 1 spiro atoms. The van der Waals surface area contributed by atoms with Gasteiger partial charge in [0.15, 0.2) is 0 Å². The largest absolute Gasteiger partial charge is 0.381 e. The molecule has 8 heteroatoms. The highest BCUT2D eigenvalue weighted by molar-refractivity contribution is 5.95. The van der Waals surface area contributed by atoms with Gasteiger partial charge in [-0.1, -0.05) is 6.07 Å². The maximum absolute atomic E-state index is 13.4. The molecule has 2 saturated heterocycles. The van der Waals surface area contributed by atoms with E-state index in [1.807, 2.05) is 23.1 Å². The summed E-state index contributed by atoms with van der Waals surface area (Å²) < 4.78 is 7.31. The van der Waals surface area contributed by atoms with Gasteiger partial charge in [-0.25, -0.2) is 4.98 Å². The van der Waals surface area contributed by atoms with Crippen molar-refractivity contribution in [3.8, 4) is 0 Å². The predicted octanol–water partition coefficient (Wildman–Crippen LogP) is 3.22. The standard InChI is InChI=1S/C30H39N5O3/c36-27(31-19-29-14-20-12-21(13-20)30(18-29)16-22(30)15-29)25-2-1-3-26-32-24(17-35(25)26)28(37)34-8-6-33(7-9-34)23-4-10-38-11-5-23/h1-3,17,20-23H,4-16,18-19H2,(H,31,36). The average molecular weight is 518 g/mol. The normalized spacial score (nSPS) is 36.4. The molecule has 7 fully saturated rings. The molecule has 8 nitrogen and oxygen atoms in total. The summed E-state index contributed by atoms with van der Waals surface area (Å²) in [4.78, 5) is 35.9. The zero-order valence-corrected chi connectivity index (χ0v) is 22.2. The lowest BCUT2D eigenvalue weighted by Crippen LogP contribution is -2.53. The van der Waals surface area contributed by atoms with Crippen LogP contribution >= 0.6 is 0 Å². The van der Waals surface area contributed by atoms with Gasteiger partial charge in [-0.05, 0) is 92.1 Å². The van der Waals surface area contributed by atoms with Crippen molar-refractivity contribution in [1.82, 2.24) is 24.5 Å². The number of aromatic nitrogens is 2. The molecule has 2 aromatic rings. The molecule has 4 heterocycles. The van der Waals surface area contributed by atoms with E-state index in [1.165, 1.54) is 38.5 Å². The van der Waals surface area contributed by atoms with Gasteiger partial charge in [0.05, 0.1) is 0 Å². The molecule has 7 aliphatic rings. The van der Waals surface area contributed by atoms with Gasteiger partial charge in [0.25, 0.3) is 11.8 Å². The highest BCUT2D eigenvalue weighted by Crippen LogP contribution is 2.79. The molecule has 2 aliphatic heterocycles. The number of rotatable bonds is 5. The summed E-state index contributed by atoms with van der Waals surface area (Å²) in [7, 11) is 0. The fourth-order valence-electron chi connectivity index (χ4n) is 9.34. The second-order valence-electron chi connectivity index (χ2n) is 13.4. The monoisotopic (exact) mass is 517 g/mol. The Kier molecular flexibility index (Phi) is 5.26. The summed E-state index contributed by atoms with van der Waals surface area (Å²) in [6, 6.07) is 6.17. The number of imidazole rings is 1. The lowest BCUT2D eigenvalue weighted by molar-refractivity contribution is 0.0136. The van der Waals surface area contributed by atoms with Gasteiger partial charge in [0, 0.05) is 58.2 Å². The summed E-state index contributed by atoms with van der Waals surface area (Å²) in [6.07, 6.45) is 12.1. The number of hydrogen-bond donors (Lipinski definition) is 1. The zero-order chi connectivity index (χ0) is 25.5.